The lowest BCUT2D eigenvalue weighted by Gasteiger charge is -2.16. The third kappa shape index (κ3) is 3.86. The number of hydrogen-bond acceptors (Lipinski definition) is 6. The summed E-state index contributed by atoms with van der Waals surface area (Å²) >= 11 is 12.6. The van der Waals surface area contributed by atoms with Gasteiger partial charge in [0.05, 0.1) is 44.8 Å². The summed E-state index contributed by atoms with van der Waals surface area (Å²) in [6.45, 7) is -0.137. The van der Waals surface area contributed by atoms with Crippen LogP contribution in [0.25, 0.3) is 43.6 Å². The number of carbonyl (C=O) groups excluding carboxylic acids is 2. The van der Waals surface area contributed by atoms with Crippen molar-refractivity contribution in [2.24, 2.45) is 0 Å². The van der Waals surface area contributed by atoms with Crippen LogP contribution in [0.2, 0.25) is 10.0 Å². The first-order valence-electron chi connectivity index (χ1n) is 12.3. The standard InChI is InChI=1S/C29H15Cl2N3O7S/c30-19-9-23-15(5-12(19)11-34-28(37)13-3-1-2-4-14(13)29(34)38)26(35)16-6-22-17(7-21(16)32-23)27(36)18-8-25(42(39,40)41)20(31)10-24(18)33-22/h1-10H,11H2,(H,32,35)(H,33,36)(H,39,40,41). The molecule has 0 atom stereocenters. The summed E-state index contributed by atoms with van der Waals surface area (Å²) in [6.07, 6.45) is 0. The molecule has 0 saturated heterocycles. The second kappa shape index (κ2) is 8.97. The van der Waals surface area contributed by atoms with Gasteiger partial charge in [-0.3, -0.25) is 28.6 Å². The first-order valence-corrected chi connectivity index (χ1v) is 14.5. The third-order valence-electron chi connectivity index (χ3n) is 7.42. The van der Waals surface area contributed by atoms with Gasteiger partial charge in [0.1, 0.15) is 4.90 Å². The highest BCUT2D eigenvalue weighted by atomic mass is 35.5. The van der Waals surface area contributed by atoms with E-state index in [0.29, 0.717) is 33.2 Å². The van der Waals surface area contributed by atoms with E-state index >= 15 is 0 Å². The van der Waals surface area contributed by atoms with Crippen molar-refractivity contribution in [3.05, 3.63) is 108 Å². The van der Waals surface area contributed by atoms with E-state index in [1.165, 1.54) is 30.3 Å². The second-order valence-corrected chi connectivity index (χ2v) is 12.1. The van der Waals surface area contributed by atoms with Gasteiger partial charge in [-0.1, -0.05) is 35.3 Å². The van der Waals surface area contributed by atoms with Gasteiger partial charge in [0.25, 0.3) is 21.9 Å². The predicted octanol–water partition coefficient (Wildman–Crippen LogP) is 5.03. The van der Waals surface area contributed by atoms with E-state index in [1.54, 1.807) is 24.3 Å². The minimum atomic E-state index is -4.68. The molecule has 2 aromatic heterocycles. The number of hydrogen-bond donors (Lipinski definition) is 3. The van der Waals surface area contributed by atoms with Gasteiger partial charge >= 0.3 is 0 Å². The molecule has 2 amide bonds. The number of aromatic amines is 2. The number of H-pyrrole nitrogens is 2. The maximum absolute atomic E-state index is 13.7. The molecular weight excluding hydrogens is 605 g/mol. The van der Waals surface area contributed by atoms with Crippen molar-refractivity contribution in [1.82, 2.24) is 14.9 Å². The van der Waals surface area contributed by atoms with Gasteiger partial charge in [0.15, 0.2) is 10.9 Å². The average molecular weight is 620 g/mol. The van der Waals surface area contributed by atoms with Gasteiger partial charge in [-0.05, 0) is 54.1 Å². The third-order valence-corrected chi connectivity index (χ3v) is 9.09. The fourth-order valence-corrected chi connectivity index (χ4v) is 6.64. The van der Waals surface area contributed by atoms with Crippen molar-refractivity contribution < 1.29 is 22.6 Å². The second-order valence-electron chi connectivity index (χ2n) is 9.89. The fraction of sp³-hybridized carbons (Fsp3) is 0.0345. The van der Waals surface area contributed by atoms with E-state index in [-0.39, 0.29) is 49.1 Å². The van der Waals surface area contributed by atoms with Gasteiger partial charge < -0.3 is 9.97 Å². The summed E-state index contributed by atoms with van der Waals surface area (Å²) in [5, 5.41) is 0.548. The average Bonchev–Trinajstić information content (AvgIpc) is 3.17. The van der Waals surface area contributed by atoms with Crippen LogP contribution in [0.3, 0.4) is 0 Å². The molecule has 3 heterocycles. The summed E-state index contributed by atoms with van der Waals surface area (Å²) in [5.41, 5.74) is 1.24. The van der Waals surface area contributed by atoms with E-state index in [9.17, 15) is 32.1 Å². The van der Waals surface area contributed by atoms with Gasteiger partial charge in [0.2, 0.25) is 0 Å². The molecule has 7 rings (SSSR count). The molecule has 0 radical (unpaired) electrons. The first-order chi connectivity index (χ1) is 19.9. The van der Waals surface area contributed by atoms with Crippen LogP contribution < -0.4 is 10.9 Å². The molecule has 3 N–H and O–H groups in total. The van der Waals surface area contributed by atoms with E-state index in [4.69, 9.17) is 23.2 Å². The van der Waals surface area contributed by atoms with Crippen LogP contribution in [0.5, 0.6) is 0 Å². The molecule has 0 fully saturated rings. The van der Waals surface area contributed by atoms with Gasteiger partial charge in [-0.15, -0.1) is 0 Å². The Morgan fingerprint density at radius 2 is 1.12 bits per heavy atom. The van der Waals surface area contributed by atoms with Crippen LogP contribution in [0.15, 0.2) is 75.1 Å². The van der Waals surface area contributed by atoms with Gasteiger partial charge in [-0.25, -0.2) is 0 Å². The zero-order chi connectivity index (χ0) is 29.7. The summed E-state index contributed by atoms with van der Waals surface area (Å²) in [5.74, 6) is -0.906. The number of rotatable bonds is 3. The smallest absolute Gasteiger partial charge is 0.296 e. The Morgan fingerprint density at radius 3 is 1.64 bits per heavy atom. The number of aromatic nitrogens is 2. The number of carbonyl (C=O) groups is 2. The zero-order valence-electron chi connectivity index (χ0n) is 21.0. The number of amides is 2. The molecule has 13 heteroatoms. The number of fused-ring (bicyclic) bond motifs is 5. The molecule has 0 bridgehead atoms. The molecule has 1 aliphatic rings. The van der Waals surface area contributed by atoms with E-state index < -0.39 is 32.3 Å². The van der Waals surface area contributed by atoms with Crippen molar-refractivity contribution in [2.45, 2.75) is 11.4 Å². The minimum absolute atomic E-state index is 0.0251. The van der Waals surface area contributed by atoms with Crippen molar-refractivity contribution in [1.29, 1.82) is 0 Å². The maximum Gasteiger partial charge on any atom is 0.296 e. The molecule has 10 nitrogen and oxygen atoms in total. The quantitative estimate of drug-likeness (QED) is 0.142. The Kier molecular flexibility index (Phi) is 5.63. The van der Waals surface area contributed by atoms with Crippen LogP contribution in [-0.4, -0.2) is 39.7 Å². The van der Waals surface area contributed by atoms with E-state index in [0.717, 1.165) is 11.0 Å². The molecule has 4 aromatic carbocycles. The molecular formula is C29H15Cl2N3O7S. The number of nitrogens with one attached hydrogen (secondary N) is 2. The number of pyridine rings is 2. The van der Waals surface area contributed by atoms with Crippen molar-refractivity contribution in [3.8, 4) is 0 Å². The molecule has 0 aliphatic carbocycles. The lowest BCUT2D eigenvalue weighted by atomic mass is 10.0. The first kappa shape index (κ1) is 26.4. The normalized spacial score (nSPS) is 13.6. The summed E-state index contributed by atoms with van der Waals surface area (Å²) in [7, 11) is -4.68. The summed E-state index contributed by atoms with van der Waals surface area (Å²) in [6, 6.07) is 14.7. The van der Waals surface area contributed by atoms with Crippen LogP contribution in [0.4, 0.5) is 0 Å². The van der Waals surface area contributed by atoms with Crippen molar-refractivity contribution in [3.63, 3.8) is 0 Å². The highest BCUT2D eigenvalue weighted by molar-refractivity contribution is 7.86. The summed E-state index contributed by atoms with van der Waals surface area (Å²) in [4.78, 5) is 59.4. The van der Waals surface area contributed by atoms with E-state index in [1.807, 2.05) is 0 Å². The largest absolute Gasteiger partial charge is 0.354 e. The number of halogens is 2. The fourth-order valence-electron chi connectivity index (χ4n) is 5.39. The number of nitrogens with zero attached hydrogens (tertiary/aromatic N) is 1. The predicted molar refractivity (Wildman–Crippen MR) is 158 cm³/mol. The zero-order valence-corrected chi connectivity index (χ0v) is 23.3. The molecule has 6 aromatic rings. The molecule has 0 spiro atoms. The maximum atomic E-state index is 13.7. The Balaban J connectivity index is 1.39. The topological polar surface area (TPSA) is 157 Å². The Labute approximate surface area is 244 Å². The van der Waals surface area contributed by atoms with Crippen LogP contribution in [-0.2, 0) is 16.7 Å². The van der Waals surface area contributed by atoms with E-state index in [2.05, 4.69) is 9.97 Å². The monoisotopic (exact) mass is 619 g/mol. The van der Waals surface area contributed by atoms with Crippen molar-refractivity contribution >= 4 is 88.7 Å². The lowest BCUT2D eigenvalue weighted by molar-refractivity contribution is 0.0642. The highest BCUT2D eigenvalue weighted by Crippen LogP contribution is 2.31. The van der Waals surface area contributed by atoms with Crippen LogP contribution in [0, 0.1) is 0 Å². The number of imide groups is 1. The lowest BCUT2D eigenvalue weighted by Crippen LogP contribution is -2.29. The SMILES string of the molecule is O=C1c2ccccc2C(=O)N1Cc1cc2c(=O)c3cc4[nH]c5cc(Cl)c(S(=O)(=O)O)cc5c(=O)c4cc3[nH]c2cc1Cl. The van der Waals surface area contributed by atoms with Gasteiger partial charge in [-0.2, -0.15) is 8.42 Å². The molecule has 42 heavy (non-hydrogen) atoms. The van der Waals surface area contributed by atoms with Crippen LogP contribution >= 0.6 is 23.2 Å². The minimum Gasteiger partial charge on any atom is -0.354 e. The molecule has 0 unspecified atom stereocenters. The number of benzene rings is 4. The Bertz CT molecular complexity index is 2450. The highest BCUT2D eigenvalue weighted by Gasteiger charge is 2.35. The Hall–Kier alpha value is -4.55. The van der Waals surface area contributed by atoms with Crippen molar-refractivity contribution in [2.75, 3.05) is 0 Å². The summed E-state index contributed by atoms with van der Waals surface area (Å²) < 4.78 is 32.9. The van der Waals surface area contributed by atoms with Crippen LogP contribution in [0.1, 0.15) is 26.3 Å². The molecule has 0 saturated carbocycles. The molecule has 1 aliphatic heterocycles. The Morgan fingerprint density at radius 1 is 0.667 bits per heavy atom. The molecule has 208 valence electrons. The van der Waals surface area contributed by atoms with Gasteiger partial charge in [0, 0.05) is 26.6 Å².